The third kappa shape index (κ3) is 4.28. The van der Waals surface area contributed by atoms with Gasteiger partial charge in [-0.05, 0) is 72.8 Å². The normalized spacial score (nSPS) is 10.7. The van der Waals surface area contributed by atoms with E-state index in [1.165, 1.54) is 15.9 Å². The molecule has 0 atom stereocenters. The maximum absolute atomic E-state index is 5.33. The Morgan fingerprint density at radius 1 is 0.481 bits per heavy atom. The topological polar surface area (TPSA) is 27.7 Å². The van der Waals surface area contributed by atoms with Crippen LogP contribution in [0, 0.1) is 0 Å². The molecule has 0 aliphatic carbocycles. The second kappa shape index (κ2) is 9.25. The van der Waals surface area contributed by atoms with Crippen LogP contribution in [0.25, 0.3) is 0 Å². The molecule has 0 radical (unpaired) electrons. The fraction of sp³-hybridized carbons (Fsp3) is 0.182. The van der Waals surface area contributed by atoms with E-state index in [1.807, 2.05) is 36.4 Å². The van der Waals surface area contributed by atoms with E-state index in [0.717, 1.165) is 17.2 Å². The maximum Gasteiger partial charge on any atom is 0.119 e. The average Bonchev–Trinajstić information content (AvgIpc) is 2.73. The van der Waals surface area contributed by atoms with Crippen molar-refractivity contribution in [1.82, 2.24) is 0 Å². The van der Waals surface area contributed by atoms with Crippen LogP contribution in [0.1, 0.15) is 0 Å². The highest BCUT2D eigenvalue weighted by Crippen LogP contribution is 2.52. The molecular formula is C22H24BrO3P. The minimum Gasteiger partial charge on any atom is -1.00 e. The third-order valence-electron chi connectivity index (χ3n) is 4.77. The molecule has 3 rings (SSSR count). The van der Waals surface area contributed by atoms with Gasteiger partial charge < -0.3 is 31.2 Å². The van der Waals surface area contributed by atoms with E-state index >= 15 is 0 Å². The molecule has 0 aromatic heterocycles. The van der Waals surface area contributed by atoms with Gasteiger partial charge in [0.1, 0.15) is 40.4 Å². The zero-order chi connectivity index (χ0) is 18.6. The molecule has 142 valence electrons. The van der Waals surface area contributed by atoms with E-state index in [0.29, 0.717) is 0 Å². The van der Waals surface area contributed by atoms with E-state index < -0.39 is 7.26 Å². The molecule has 0 fully saturated rings. The molecule has 0 unspecified atom stereocenters. The van der Waals surface area contributed by atoms with Gasteiger partial charge in [0, 0.05) is 0 Å². The molecule has 0 amide bonds. The molecule has 27 heavy (non-hydrogen) atoms. The minimum absolute atomic E-state index is 0. The fourth-order valence-electron chi connectivity index (χ4n) is 3.09. The lowest BCUT2D eigenvalue weighted by atomic mass is 10.3. The summed E-state index contributed by atoms with van der Waals surface area (Å²) in [5.74, 6) is 2.60. The molecule has 3 aromatic carbocycles. The lowest BCUT2D eigenvalue weighted by molar-refractivity contribution is -0.00000614. The number of methoxy groups -OCH3 is 3. The van der Waals surface area contributed by atoms with Crippen molar-refractivity contribution in [2.45, 2.75) is 0 Å². The number of ether oxygens (including phenoxy) is 3. The summed E-state index contributed by atoms with van der Waals surface area (Å²) in [5.41, 5.74) is 0. The second-order valence-electron chi connectivity index (χ2n) is 6.10. The van der Waals surface area contributed by atoms with Crippen molar-refractivity contribution in [3.05, 3.63) is 72.8 Å². The van der Waals surface area contributed by atoms with Crippen LogP contribution >= 0.6 is 7.26 Å². The lowest BCUT2D eigenvalue weighted by Crippen LogP contribution is -3.00. The smallest absolute Gasteiger partial charge is 0.119 e. The highest BCUT2D eigenvalue weighted by Gasteiger charge is 2.40. The van der Waals surface area contributed by atoms with Gasteiger partial charge in [-0.25, -0.2) is 0 Å². The number of halogens is 1. The summed E-state index contributed by atoms with van der Waals surface area (Å²) in [7, 11) is 3.29. The first-order chi connectivity index (χ1) is 12.6. The minimum atomic E-state index is -1.78. The molecular weight excluding hydrogens is 423 g/mol. The van der Waals surface area contributed by atoms with E-state index in [4.69, 9.17) is 14.2 Å². The summed E-state index contributed by atoms with van der Waals surface area (Å²) in [6.07, 6.45) is 0. The average molecular weight is 447 g/mol. The highest BCUT2D eigenvalue weighted by molar-refractivity contribution is 7.95. The van der Waals surface area contributed by atoms with Crippen LogP contribution in [0.4, 0.5) is 0 Å². The van der Waals surface area contributed by atoms with E-state index in [-0.39, 0.29) is 17.0 Å². The van der Waals surface area contributed by atoms with Crippen LogP contribution in [-0.2, 0) is 0 Å². The molecule has 0 spiro atoms. The summed E-state index contributed by atoms with van der Waals surface area (Å²) in [4.78, 5) is 0. The predicted molar refractivity (Wildman–Crippen MR) is 111 cm³/mol. The van der Waals surface area contributed by atoms with Gasteiger partial charge in [-0.3, -0.25) is 0 Å². The molecule has 3 nitrogen and oxygen atoms in total. The van der Waals surface area contributed by atoms with Crippen LogP contribution in [0.5, 0.6) is 17.2 Å². The summed E-state index contributed by atoms with van der Waals surface area (Å²) < 4.78 is 16.0. The Morgan fingerprint density at radius 2 is 0.704 bits per heavy atom. The molecule has 0 bridgehead atoms. The summed E-state index contributed by atoms with van der Waals surface area (Å²) in [6.45, 7) is 2.35. The van der Waals surface area contributed by atoms with Crippen LogP contribution in [0.2, 0.25) is 0 Å². The van der Waals surface area contributed by atoms with Crippen LogP contribution in [-0.4, -0.2) is 28.0 Å². The molecule has 0 N–H and O–H groups in total. The molecule has 3 aromatic rings. The van der Waals surface area contributed by atoms with Crippen molar-refractivity contribution in [1.29, 1.82) is 0 Å². The first-order valence-electron chi connectivity index (χ1n) is 8.42. The van der Waals surface area contributed by atoms with Gasteiger partial charge in [0.15, 0.2) is 0 Å². The number of hydrogen-bond donors (Lipinski definition) is 0. The van der Waals surface area contributed by atoms with Crippen molar-refractivity contribution in [2.75, 3.05) is 28.0 Å². The van der Waals surface area contributed by atoms with Crippen molar-refractivity contribution in [3.63, 3.8) is 0 Å². The van der Waals surface area contributed by atoms with Gasteiger partial charge in [-0.2, -0.15) is 0 Å². The standard InChI is InChI=1S/C22H24O3P.BrH/c1-23-17-5-11-20(12-6-17)26(4,21-13-7-18(24-2)8-14-21)22-15-9-19(25-3)10-16-22;/h5-16H,1-4H3;1H/q+1;/p-1. The third-order valence-corrected chi connectivity index (χ3v) is 8.76. The van der Waals surface area contributed by atoms with E-state index in [9.17, 15) is 0 Å². The summed E-state index contributed by atoms with van der Waals surface area (Å²) in [5, 5.41) is 3.90. The van der Waals surface area contributed by atoms with Crippen molar-refractivity contribution in [3.8, 4) is 17.2 Å². The highest BCUT2D eigenvalue weighted by atomic mass is 79.9. The second-order valence-corrected chi connectivity index (χ2v) is 9.66. The fourth-order valence-corrected chi connectivity index (χ4v) is 6.22. The van der Waals surface area contributed by atoms with Gasteiger partial charge >= 0.3 is 0 Å². The molecule has 5 heteroatoms. The molecule has 0 heterocycles. The zero-order valence-electron chi connectivity index (χ0n) is 16.0. The van der Waals surface area contributed by atoms with Gasteiger partial charge in [0.25, 0.3) is 0 Å². The predicted octanol–water partition coefficient (Wildman–Crippen LogP) is 0.640. The quantitative estimate of drug-likeness (QED) is 0.520. The Morgan fingerprint density at radius 3 is 0.889 bits per heavy atom. The Labute approximate surface area is 172 Å². The SMILES string of the molecule is COc1ccc([P+](C)(c2ccc(OC)cc2)c2ccc(OC)cc2)cc1.[Br-]. The van der Waals surface area contributed by atoms with Crippen LogP contribution in [0.3, 0.4) is 0 Å². The van der Waals surface area contributed by atoms with Crippen molar-refractivity contribution in [2.24, 2.45) is 0 Å². The van der Waals surface area contributed by atoms with Gasteiger partial charge in [-0.1, -0.05) is 0 Å². The zero-order valence-corrected chi connectivity index (χ0v) is 18.5. The molecule has 0 aliphatic rings. The number of rotatable bonds is 6. The molecule has 0 saturated heterocycles. The molecule has 0 saturated carbocycles. The van der Waals surface area contributed by atoms with Gasteiger partial charge in [-0.15, -0.1) is 0 Å². The monoisotopic (exact) mass is 446 g/mol. The first kappa shape index (κ1) is 21.3. The summed E-state index contributed by atoms with van der Waals surface area (Å²) in [6, 6.07) is 25.2. The van der Waals surface area contributed by atoms with Crippen molar-refractivity contribution >= 4 is 23.2 Å². The van der Waals surface area contributed by atoms with Gasteiger partial charge in [0.2, 0.25) is 0 Å². The summed E-state index contributed by atoms with van der Waals surface area (Å²) >= 11 is 0. The Balaban J connectivity index is 0.00000261. The number of hydrogen-bond acceptors (Lipinski definition) is 3. The largest absolute Gasteiger partial charge is 1.00 e. The Hall–Kier alpha value is -2.03. The maximum atomic E-state index is 5.33. The number of benzene rings is 3. The Bertz CT molecular complexity index is 731. The van der Waals surface area contributed by atoms with Crippen LogP contribution < -0.4 is 47.1 Å². The van der Waals surface area contributed by atoms with Gasteiger partial charge in [0.05, 0.1) is 28.0 Å². The van der Waals surface area contributed by atoms with E-state index in [2.05, 4.69) is 43.1 Å². The van der Waals surface area contributed by atoms with Crippen molar-refractivity contribution < 1.29 is 31.2 Å². The Kier molecular flexibility index (Phi) is 7.29. The first-order valence-corrected chi connectivity index (χ1v) is 10.7. The molecule has 0 aliphatic heterocycles. The lowest BCUT2D eigenvalue weighted by Gasteiger charge is -2.23. The van der Waals surface area contributed by atoms with E-state index in [1.54, 1.807) is 21.3 Å². The van der Waals surface area contributed by atoms with Crippen LogP contribution in [0.15, 0.2) is 72.8 Å².